The van der Waals surface area contributed by atoms with Gasteiger partial charge in [-0.15, -0.1) is 0 Å². The molecule has 1 heterocycles. The molecule has 0 unspecified atom stereocenters. The molecule has 0 amide bonds. The molecule has 0 fully saturated rings. The molecule has 0 saturated carbocycles. The number of benzene rings is 1. The van der Waals surface area contributed by atoms with Crippen molar-refractivity contribution in [3.63, 3.8) is 0 Å². The Bertz CT molecular complexity index is 889. The van der Waals surface area contributed by atoms with Gasteiger partial charge in [-0.05, 0) is 37.1 Å². The highest BCUT2D eigenvalue weighted by Gasteiger charge is 2.27. The molecule has 126 valence electrons. The van der Waals surface area contributed by atoms with E-state index < -0.39 is 22.5 Å². The van der Waals surface area contributed by atoms with E-state index in [9.17, 15) is 19.5 Å². The van der Waals surface area contributed by atoms with Crippen LogP contribution in [0.4, 0.5) is 0 Å². The number of hydrogen-bond donors (Lipinski definition) is 1. The summed E-state index contributed by atoms with van der Waals surface area (Å²) in [4.78, 5) is 36.5. The molecule has 0 saturated heterocycles. The van der Waals surface area contributed by atoms with E-state index in [0.717, 1.165) is 21.9 Å². The van der Waals surface area contributed by atoms with Gasteiger partial charge in [-0.3, -0.25) is 9.59 Å². The monoisotopic (exact) mass is 328 g/mol. The molecule has 0 spiro atoms. The number of carbonyl (C=O) groups is 2. The van der Waals surface area contributed by atoms with Gasteiger partial charge in [0.2, 0.25) is 0 Å². The summed E-state index contributed by atoms with van der Waals surface area (Å²) < 4.78 is 1.00. The van der Waals surface area contributed by atoms with Gasteiger partial charge in [0.25, 0.3) is 5.56 Å². The summed E-state index contributed by atoms with van der Waals surface area (Å²) in [7, 11) is 0. The highest BCUT2D eigenvalue weighted by Crippen LogP contribution is 2.20. The van der Waals surface area contributed by atoms with E-state index in [-0.39, 0.29) is 11.5 Å². The van der Waals surface area contributed by atoms with Gasteiger partial charge in [0.1, 0.15) is 11.3 Å². The van der Waals surface area contributed by atoms with Crippen LogP contribution in [0.15, 0.2) is 29.1 Å². The van der Waals surface area contributed by atoms with Gasteiger partial charge in [-0.2, -0.15) is 9.78 Å². The van der Waals surface area contributed by atoms with Crippen molar-refractivity contribution in [3.8, 4) is 5.69 Å². The van der Waals surface area contributed by atoms with E-state index in [0.29, 0.717) is 5.69 Å². The molecule has 0 atom stereocenters. The Morgan fingerprint density at radius 1 is 1.12 bits per heavy atom. The van der Waals surface area contributed by atoms with Crippen LogP contribution in [0.5, 0.6) is 0 Å². The maximum atomic E-state index is 12.5. The van der Waals surface area contributed by atoms with Gasteiger partial charge in [0.15, 0.2) is 5.78 Å². The third-order valence-electron chi connectivity index (χ3n) is 3.65. The van der Waals surface area contributed by atoms with Crippen LogP contribution < -0.4 is 5.56 Å². The number of aryl methyl sites for hydroxylation is 2. The molecule has 0 bridgehead atoms. The molecule has 6 heteroatoms. The lowest BCUT2D eigenvalue weighted by molar-refractivity contribution is 0.0694. The number of carbonyl (C=O) groups excluding carboxylic acids is 1. The minimum Gasteiger partial charge on any atom is -0.477 e. The van der Waals surface area contributed by atoms with Crippen molar-refractivity contribution in [3.05, 3.63) is 57.0 Å². The number of hydrogen-bond acceptors (Lipinski definition) is 4. The highest BCUT2D eigenvalue weighted by atomic mass is 16.4. The average molecular weight is 328 g/mol. The molecule has 2 rings (SSSR count). The molecule has 0 radical (unpaired) electrons. The van der Waals surface area contributed by atoms with Crippen LogP contribution in [-0.2, 0) is 0 Å². The lowest BCUT2D eigenvalue weighted by Gasteiger charge is -2.17. The Balaban J connectivity index is 2.83. The topological polar surface area (TPSA) is 89.3 Å². The molecule has 0 aliphatic carbocycles. The molecule has 2 aromatic rings. The SMILES string of the molecule is Cc1ccc(C)c(-n2nc(C(=O)C(C)(C)C)cc(C(=O)O)c2=O)c1. The molecule has 1 aromatic heterocycles. The van der Waals surface area contributed by atoms with Gasteiger partial charge >= 0.3 is 5.97 Å². The third-order valence-corrected chi connectivity index (χ3v) is 3.65. The van der Waals surface area contributed by atoms with E-state index in [1.165, 1.54) is 0 Å². The van der Waals surface area contributed by atoms with Crippen LogP contribution in [0.1, 0.15) is 52.7 Å². The summed E-state index contributed by atoms with van der Waals surface area (Å²) in [6.07, 6.45) is 0. The Morgan fingerprint density at radius 3 is 2.29 bits per heavy atom. The normalized spacial score (nSPS) is 11.4. The Hall–Kier alpha value is -2.76. The summed E-state index contributed by atoms with van der Waals surface area (Å²) in [5, 5.41) is 13.5. The Morgan fingerprint density at radius 2 is 1.75 bits per heavy atom. The predicted molar refractivity (Wildman–Crippen MR) is 90.1 cm³/mol. The fourth-order valence-corrected chi connectivity index (χ4v) is 2.25. The zero-order valence-electron chi connectivity index (χ0n) is 14.4. The fraction of sp³-hybridized carbons (Fsp3) is 0.333. The third kappa shape index (κ3) is 3.27. The second-order valence-corrected chi connectivity index (χ2v) is 6.83. The first-order valence-corrected chi connectivity index (χ1v) is 7.52. The Kier molecular flexibility index (Phi) is 4.42. The van der Waals surface area contributed by atoms with Crippen LogP contribution in [-0.4, -0.2) is 26.6 Å². The molecule has 6 nitrogen and oxygen atoms in total. The fourth-order valence-electron chi connectivity index (χ4n) is 2.25. The van der Waals surface area contributed by atoms with Gasteiger partial charge in [-0.1, -0.05) is 32.9 Å². The van der Waals surface area contributed by atoms with Gasteiger partial charge in [0, 0.05) is 5.41 Å². The van der Waals surface area contributed by atoms with Crippen molar-refractivity contribution in [1.29, 1.82) is 0 Å². The second kappa shape index (κ2) is 6.03. The van der Waals surface area contributed by atoms with Crippen LogP contribution in [0, 0.1) is 19.3 Å². The highest BCUT2D eigenvalue weighted by molar-refractivity contribution is 5.99. The van der Waals surface area contributed by atoms with Crippen molar-refractivity contribution < 1.29 is 14.7 Å². The lowest BCUT2D eigenvalue weighted by Crippen LogP contribution is -2.32. The number of rotatable bonds is 3. The number of carboxylic acid groups (broad SMARTS) is 1. The molecule has 1 N–H and O–H groups in total. The van der Waals surface area contributed by atoms with Crippen LogP contribution in [0.2, 0.25) is 0 Å². The van der Waals surface area contributed by atoms with E-state index in [1.54, 1.807) is 33.8 Å². The number of nitrogens with zero attached hydrogens (tertiary/aromatic N) is 2. The van der Waals surface area contributed by atoms with Crippen LogP contribution >= 0.6 is 0 Å². The second-order valence-electron chi connectivity index (χ2n) is 6.83. The number of aromatic carboxylic acids is 1. The first-order chi connectivity index (χ1) is 11.0. The summed E-state index contributed by atoms with van der Waals surface area (Å²) in [5.74, 6) is -1.71. The zero-order chi connectivity index (χ0) is 18.2. The van der Waals surface area contributed by atoms with Crippen molar-refractivity contribution in [1.82, 2.24) is 9.78 Å². The standard InChI is InChI=1S/C18H20N2O4/c1-10-6-7-11(2)14(8-10)20-16(22)12(17(23)24)9-13(19-20)15(21)18(3,4)5/h6-9H,1-5H3,(H,23,24). The minimum atomic E-state index is -1.38. The minimum absolute atomic E-state index is 0.0413. The summed E-state index contributed by atoms with van der Waals surface area (Å²) >= 11 is 0. The van der Waals surface area contributed by atoms with Crippen molar-refractivity contribution in [2.45, 2.75) is 34.6 Å². The summed E-state index contributed by atoms with van der Waals surface area (Å²) in [5.41, 5.74) is 0.0966. The number of aromatic nitrogens is 2. The van der Waals surface area contributed by atoms with Gasteiger partial charge < -0.3 is 5.11 Å². The maximum Gasteiger partial charge on any atom is 0.341 e. The zero-order valence-corrected chi connectivity index (χ0v) is 14.4. The van der Waals surface area contributed by atoms with E-state index in [4.69, 9.17) is 0 Å². The number of carboxylic acids is 1. The predicted octanol–water partition coefficient (Wildman–Crippen LogP) is 2.78. The number of Topliss-reactive ketones (excluding diaryl/α,β-unsaturated/α-hetero) is 1. The molecule has 24 heavy (non-hydrogen) atoms. The van der Waals surface area contributed by atoms with Crippen molar-refractivity contribution in [2.75, 3.05) is 0 Å². The van der Waals surface area contributed by atoms with Gasteiger partial charge in [0.05, 0.1) is 5.69 Å². The van der Waals surface area contributed by atoms with Crippen LogP contribution in [0.25, 0.3) is 5.69 Å². The Labute approximate surface area is 139 Å². The quantitative estimate of drug-likeness (QED) is 0.875. The van der Waals surface area contributed by atoms with Crippen molar-refractivity contribution >= 4 is 11.8 Å². The smallest absolute Gasteiger partial charge is 0.341 e. The summed E-state index contributed by atoms with van der Waals surface area (Å²) in [6.45, 7) is 8.79. The maximum absolute atomic E-state index is 12.5. The molecular weight excluding hydrogens is 308 g/mol. The largest absolute Gasteiger partial charge is 0.477 e. The molecule has 0 aliphatic rings. The van der Waals surface area contributed by atoms with E-state index in [1.807, 2.05) is 19.1 Å². The molecule has 0 aliphatic heterocycles. The summed E-state index contributed by atoms with van der Waals surface area (Å²) in [6, 6.07) is 6.49. The van der Waals surface area contributed by atoms with E-state index >= 15 is 0 Å². The van der Waals surface area contributed by atoms with Crippen LogP contribution in [0.3, 0.4) is 0 Å². The molecule has 1 aromatic carbocycles. The van der Waals surface area contributed by atoms with Gasteiger partial charge in [-0.25, -0.2) is 4.79 Å². The lowest BCUT2D eigenvalue weighted by atomic mass is 9.88. The molecular formula is C18H20N2O4. The number of ketones is 1. The average Bonchev–Trinajstić information content (AvgIpc) is 2.48. The van der Waals surface area contributed by atoms with Crippen molar-refractivity contribution in [2.24, 2.45) is 5.41 Å². The first kappa shape index (κ1) is 17.6. The van der Waals surface area contributed by atoms with E-state index in [2.05, 4.69) is 5.10 Å². The first-order valence-electron chi connectivity index (χ1n) is 7.52.